The van der Waals surface area contributed by atoms with Gasteiger partial charge in [0.05, 0.1) is 10.6 Å². The minimum atomic E-state index is -4.23. The molecule has 1 aliphatic rings. The number of rotatable bonds is 11. The highest BCUT2D eigenvalue weighted by molar-refractivity contribution is 7.92. The largest absolute Gasteiger partial charge is 0.352 e. The lowest BCUT2D eigenvalue weighted by Crippen LogP contribution is -2.54. The second kappa shape index (κ2) is 15.0. The Bertz CT molecular complexity index is 1570. The van der Waals surface area contributed by atoms with Crippen molar-refractivity contribution in [1.29, 1.82) is 0 Å². The van der Waals surface area contributed by atoms with Crippen molar-refractivity contribution in [2.75, 3.05) is 10.8 Å². The molecule has 1 aliphatic carbocycles. The van der Waals surface area contributed by atoms with Crippen molar-refractivity contribution in [2.24, 2.45) is 0 Å². The Balaban J connectivity index is 1.77. The molecular formula is C33H38Cl3N3O4S. The monoisotopic (exact) mass is 677 g/mol. The van der Waals surface area contributed by atoms with Crippen molar-refractivity contribution in [3.05, 3.63) is 92.4 Å². The zero-order valence-corrected chi connectivity index (χ0v) is 28.2. The highest BCUT2D eigenvalue weighted by Crippen LogP contribution is 2.32. The van der Waals surface area contributed by atoms with Gasteiger partial charge in [0, 0.05) is 33.2 Å². The highest BCUT2D eigenvalue weighted by atomic mass is 35.5. The molecule has 0 aliphatic heterocycles. The van der Waals surface area contributed by atoms with Crippen LogP contribution in [0.3, 0.4) is 0 Å². The van der Waals surface area contributed by atoms with Crippen molar-refractivity contribution < 1.29 is 18.0 Å². The van der Waals surface area contributed by atoms with E-state index in [4.69, 9.17) is 34.8 Å². The molecule has 0 spiro atoms. The molecule has 4 rings (SSSR count). The van der Waals surface area contributed by atoms with Crippen LogP contribution in [-0.4, -0.2) is 43.8 Å². The van der Waals surface area contributed by atoms with Gasteiger partial charge in [-0.2, -0.15) is 0 Å². The minimum absolute atomic E-state index is 0.0260. The van der Waals surface area contributed by atoms with Gasteiger partial charge in [0.1, 0.15) is 12.6 Å². The van der Waals surface area contributed by atoms with E-state index in [0.29, 0.717) is 32.6 Å². The molecule has 0 unspecified atom stereocenters. The standard InChI is InChI=1S/C33H38Cl3N3O4S/c1-4-30(33(41)37-24-10-6-5-7-11-24)38(20-26-28(35)13-8-14-29(26)36)32(40)21-39(31-15-9-12-27(34)23(31)3)44(42,43)25-18-16-22(2)17-19-25/h8-9,12-19,24,30H,4-7,10-11,20-21H2,1-3H3,(H,37,41)/t30-/m1/s1. The van der Waals surface area contributed by atoms with E-state index >= 15 is 0 Å². The predicted octanol–water partition coefficient (Wildman–Crippen LogP) is 7.72. The first-order chi connectivity index (χ1) is 20.9. The molecule has 1 saturated carbocycles. The van der Waals surface area contributed by atoms with E-state index in [1.165, 1.54) is 17.0 Å². The molecule has 0 radical (unpaired) electrons. The third kappa shape index (κ3) is 7.89. The summed E-state index contributed by atoms with van der Waals surface area (Å²) in [5, 5.41) is 4.17. The van der Waals surface area contributed by atoms with E-state index in [1.807, 2.05) is 13.8 Å². The third-order valence-electron chi connectivity index (χ3n) is 8.12. The van der Waals surface area contributed by atoms with Crippen LogP contribution in [0.15, 0.2) is 65.6 Å². The number of benzene rings is 3. The van der Waals surface area contributed by atoms with Gasteiger partial charge in [-0.15, -0.1) is 0 Å². The second-order valence-electron chi connectivity index (χ2n) is 11.2. The van der Waals surface area contributed by atoms with E-state index in [9.17, 15) is 18.0 Å². The molecule has 1 N–H and O–H groups in total. The minimum Gasteiger partial charge on any atom is -0.352 e. The first-order valence-corrected chi connectivity index (χ1v) is 17.4. The summed E-state index contributed by atoms with van der Waals surface area (Å²) in [6.07, 6.45) is 5.25. The maximum absolute atomic E-state index is 14.4. The molecular weight excluding hydrogens is 641 g/mol. The van der Waals surface area contributed by atoms with Gasteiger partial charge in [0.15, 0.2) is 0 Å². The molecule has 7 nitrogen and oxygen atoms in total. The Morgan fingerprint density at radius 2 is 1.48 bits per heavy atom. The van der Waals surface area contributed by atoms with Crippen LogP contribution in [0.4, 0.5) is 5.69 Å². The molecule has 3 aromatic rings. The number of hydrogen-bond donors (Lipinski definition) is 1. The van der Waals surface area contributed by atoms with E-state index in [1.54, 1.807) is 55.5 Å². The number of hydrogen-bond acceptors (Lipinski definition) is 4. The van der Waals surface area contributed by atoms with Crippen LogP contribution in [0.25, 0.3) is 0 Å². The van der Waals surface area contributed by atoms with Gasteiger partial charge >= 0.3 is 0 Å². The van der Waals surface area contributed by atoms with Crippen molar-refractivity contribution in [1.82, 2.24) is 10.2 Å². The molecule has 1 fully saturated rings. The van der Waals surface area contributed by atoms with Gasteiger partial charge < -0.3 is 10.2 Å². The van der Waals surface area contributed by atoms with Crippen LogP contribution in [0.2, 0.25) is 15.1 Å². The molecule has 1 atom stereocenters. The quantitative estimate of drug-likeness (QED) is 0.225. The highest BCUT2D eigenvalue weighted by Gasteiger charge is 2.35. The van der Waals surface area contributed by atoms with Crippen molar-refractivity contribution in [2.45, 2.75) is 82.8 Å². The van der Waals surface area contributed by atoms with Crippen LogP contribution in [0, 0.1) is 13.8 Å². The first kappa shape index (κ1) is 34.1. The van der Waals surface area contributed by atoms with Crippen LogP contribution in [0.5, 0.6) is 0 Å². The van der Waals surface area contributed by atoms with Gasteiger partial charge in [-0.3, -0.25) is 13.9 Å². The number of sulfonamides is 1. The summed E-state index contributed by atoms with van der Waals surface area (Å²) in [7, 11) is -4.23. The maximum Gasteiger partial charge on any atom is 0.264 e. The summed E-state index contributed by atoms with van der Waals surface area (Å²) in [5.74, 6) is -0.871. The molecule has 2 amide bonds. The molecule has 236 valence electrons. The maximum atomic E-state index is 14.4. The zero-order chi connectivity index (χ0) is 32.0. The lowest BCUT2D eigenvalue weighted by molar-refractivity contribution is -0.140. The number of nitrogens with zero attached hydrogens (tertiary/aromatic N) is 2. The van der Waals surface area contributed by atoms with Crippen molar-refractivity contribution >= 4 is 62.3 Å². The van der Waals surface area contributed by atoms with Gasteiger partial charge in [-0.1, -0.05) is 90.8 Å². The lowest BCUT2D eigenvalue weighted by atomic mass is 9.95. The van der Waals surface area contributed by atoms with Gasteiger partial charge in [-0.05, 0) is 75.1 Å². The third-order valence-corrected chi connectivity index (χ3v) is 11.0. The summed E-state index contributed by atoms with van der Waals surface area (Å²) in [6, 6.07) is 15.5. The van der Waals surface area contributed by atoms with E-state index < -0.39 is 28.5 Å². The fourth-order valence-electron chi connectivity index (χ4n) is 5.53. The fourth-order valence-corrected chi connectivity index (χ4v) is 7.69. The summed E-state index contributed by atoms with van der Waals surface area (Å²) >= 11 is 19.5. The average molecular weight is 679 g/mol. The summed E-state index contributed by atoms with van der Waals surface area (Å²) in [5.41, 5.74) is 2.13. The Hall–Kier alpha value is -2.78. The lowest BCUT2D eigenvalue weighted by Gasteiger charge is -2.35. The number of anilines is 1. The van der Waals surface area contributed by atoms with Gasteiger partial charge in [0.2, 0.25) is 11.8 Å². The fraction of sp³-hybridized carbons (Fsp3) is 0.394. The van der Waals surface area contributed by atoms with E-state index in [-0.39, 0.29) is 29.1 Å². The molecule has 44 heavy (non-hydrogen) atoms. The van der Waals surface area contributed by atoms with E-state index in [2.05, 4.69) is 5.32 Å². The number of aryl methyl sites for hydroxylation is 1. The first-order valence-electron chi connectivity index (χ1n) is 14.8. The molecule has 11 heteroatoms. The van der Waals surface area contributed by atoms with Gasteiger partial charge in [-0.25, -0.2) is 8.42 Å². The summed E-state index contributed by atoms with van der Waals surface area (Å²) in [6.45, 7) is 4.72. The predicted molar refractivity (Wildman–Crippen MR) is 178 cm³/mol. The van der Waals surface area contributed by atoms with Crippen LogP contribution < -0.4 is 9.62 Å². The van der Waals surface area contributed by atoms with Crippen LogP contribution in [-0.2, 0) is 26.2 Å². The molecule has 0 bridgehead atoms. The van der Waals surface area contributed by atoms with Gasteiger partial charge in [0.25, 0.3) is 10.0 Å². The average Bonchev–Trinajstić information content (AvgIpc) is 2.99. The number of nitrogens with one attached hydrogen (secondary N) is 1. The molecule has 0 saturated heterocycles. The molecule has 0 heterocycles. The summed E-state index contributed by atoms with van der Waals surface area (Å²) < 4.78 is 29.4. The Morgan fingerprint density at radius 3 is 2.09 bits per heavy atom. The van der Waals surface area contributed by atoms with Crippen LogP contribution >= 0.6 is 34.8 Å². The number of carbonyl (C=O) groups excluding carboxylic acids is 2. The second-order valence-corrected chi connectivity index (χ2v) is 14.3. The number of halogens is 3. The normalized spacial score (nSPS) is 14.6. The number of amides is 2. The van der Waals surface area contributed by atoms with Crippen molar-refractivity contribution in [3.63, 3.8) is 0 Å². The SMILES string of the molecule is CC[C@H](C(=O)NC1CCCCC1)N(Cc1c(Cl)cccc1Cl)C(=O)CN(c1cccc(Cl)c1C)S(=O)(=O)c1ccc(C)cc1. The molecule has 0 aromatic heterocycles. The zero-order valence-electron chi connectivity index (χ0n) is 25.2. The van der Waals surface area contributed by atoms with Crippen molar-refractivity contribution in [3.8, 4) is 0 Å². The Morgan fingerprint density at radius 1 is 0.886 bits per heavy atom. The number of carbonyl (C=O) groups is 2. The topological polar surface area (TPSA) is 86.8 Å². The Labute approximate surface area is 275 Å². The van der Waals surface area contributed by atoms with E-state index in [0.717, 1.165) is 42.0 Å². The summed E-state index contributed by atoms with van der Waals surface area (Å²) in [4.78, 5) is 29.6. The molecule has 3 aromatic carbocycles. The Kier molecular flexibility index (Phi) is 11.6. The van der Waals surface area contributed by atoms with Crippen LogP contribution in [0.1, 0.15) is 62.1 Å². The smallest absolute Gasteiger partial charge is 0.264 e.